The van der Waals surface area contributed by atoms with Crippen molar-refractivity contribution in [3.63, 3.8) is 0 Å². The highest BCUT2D eigenvalue weighted by Crippen LogP contribution is 2.29. The predicted molar refractivity (Wildman–Crippen MR) is 76.2 cm³/mol. The zero-order valence-electron chi connectivity index (χ0n) is 12.3. The van der Waals surface area contributed by atoms with Crippen LogP contribution in [0.25, 0.3) is 0 Å². The molecule has 1 atom stereocenters. The van der Waals surface area contributed by atoms with E-state index in [0.29, 0.717) is 5.41 Å². The number of hydrogen-bond donors (Lipinski definition) is 1. The number of benzene rings is 1. The van der Waals surface area contributed by atoms with Crippen LogP contribution in [-0.4, -0.2) is 6.54 Å². The van der Waals surface area contributed by atoms with Crippen LogP contribution in [0.15, 0.2) is 18.2 Å². The lowest BCUT2D eigenvalue weighted by Crippen LogP contribution is -2.23. The second kappa shape index (κ2) is 6.33. The summed E-state index contributed by atoms with van der Waals surface area (Å²) in [5.41, 5.74) is 2.58. The van der Waals surface area contributed by atoms with Crippen LogP contribution in [0.3, 0.4) is 0 Å². The Morgan fingerprint density at radius 2 is 1.94 bits per heavy atom. The van der Waals surface area contributed by atoms with Crippen molar-refractivity contribution < 1.29 is 4.39 Å². The molecule has 0 aliphatic carbocycles. The lowest BCUT2D eigenvalue weighted by atomic mass is 9.86. The van der Waals surface area contributed by atoms with Crippen molar-refractivity contribution in [2.75, 3.05) is 6.54 Å². The third-order valence-corrected chi connectivity index (χ3v) is 3.25. The molecule has 0 amide bonds. The van der Waals surface area contributed by atoms with Crippen LogP contribution in [0.1, 0.15) is 57.7 Å². The number of halogens is 1. The van der Waals surface area contributed by atoms with Crippen molar-refractivity contribution in [2.24, 2.45) is 5.41 Å². The van der Waals surface area contributed by atoms with Gasteiger partial charge in [-0.2, -0.15) is 0 Å². The highest BCUT2D eigenvalue weighted by atomic mass is 19.1. The first-order chi connectivity index (χ1) is 8.33. The second-order valence-electron chi connectivity index (χ2n) is 6.21. The van der Waals surface area contributed by atoms with E-state index in [1.54, 1.807) is 6.07 Å². The van der Waals surface area contributed by atoms with Crippen LogP contribution in [0.2, 0.25) is 0 Å². The van der Waals surface area contributed by atoms with E-state index in [-0.39, 0.29) is 11.9 Å². The molecule has 1 aromatic carbocycles. The summed E-state index contributed by atoms with van der Waals surface area (Å²) < 4.78 is 13.4. The van der Waals surface area contributed by atoms with E-state index < -0.39 is 0 Å². The fourth-order valence-electron chi connectivity index (χ4n) is 2.18. The van der Waals surface area contributed by atoms with Gasteiger partial charge in [0.2, 0.25) is 0 Å². The Balaban J connectivity index is 2.86. The highest BCUT2D eigenvalue weighted by molar-refractivity contribution is 5.29. The summed E-state index contributed by atoms with van der Waals surface area (Å²) in [4.78, 5) is 0. The molecule has 1 N–H and O–H groups in total. The molecule has 0 radical (unpaired) electrons. The Bertz CT molecular complexity index is 379. The van der Waals surface area contributed by atoms with Crippen LogP contribution in [0, 0.1) is 18.2 Å². The zero-order valence-corrected chi connectivity index (χ0v) is 12.3. The second-order valence-corrected chi connectivity index (χ2v) is 6.21. The summed E-state index contributed by atoms with van der Waals surface area (Å²) in [5.74, 6) is -0.144. The minimum Gasteiger partial charge on any atom is -0.310 e. The van der Waals surface area contributed by atoms with E-state index in [2.05, 4.69) is 39.9 Å². The first-order valence-electron chi connectivity index (χ1n) is 6.83. The summed E-state index contributed by atoms with van der Waals surface area (Å²) in [6.45, 7) is 11.8. The lowest BCUT2D eigenvalue weighted by Gasteiger charge is -2.25. The molecule has 1 unspecified atom stereocenters. The summed E-state index contributed by atoms with van der Waals surface area (Å²) >= 11 is 0. The van der Waals surface area contributed by atoms with Gasteiger partial charge in [0.1, 0.15) is 5.82 Å². The Morgan fingerprint density at radius 3 is 2.50 bits per heavy atom. The Kier molecular flexibility index (Phi) is 5.33. The van der Waals surface area contributed by atoms with Gasteiger partial charge in [-0.05, 0) is 55.0 Å². The van der Waals surface area contributed by atoms with Gasteiger partial charge in [0.05, 0.1) is 0 Å². The molecule has 18 heavy (non-hydrogen) atoms. The molecule has 0 aliphatic heterocycles. The smallest absolute Gasteiger partial charge is 0.123 e. The predicted octanol–water partition coefficient (Wildman–Crippen LogP) is 4.61. The van der Waals surface area contributed by atoms with Crippen molar-refractivity contribution >= 4 is 0 Å². The molecule has 0 saturated heterocycles. The zero-order chi connectivity index (χ0) is 13.8. The van der Waals surface area contributed by atoms with Crippen molar-refractivity contribution in [3.05, 3.63) is 35.1 Å². The van der Waals surface area contributed by atoms with Crippen LogP contribution < -0.4 is 5.32 Å². The lowest BCUT2D eigenvalue weighted by molar-refractivity contribution is 0.333. The van der Waals surface area contributed by atoms with Crippen molar-refractivity contribution in [1.82, 2.24) is 5.32 Å². The average molecular weight is 251 g/mol. The number of rotatable bonds is 5. The molecule has 0 heterocycles. The van der Waals surface area contributed by atoms with Gasteiger partial charge in [-0.3, -0.25) is 0 Å². The summed E-state index contributed by atoms with van der Waals surface area (Å²) in [7, 11) is 0. The summed E-state index contributed by atoms with van der Waals surface area (Å²) in [6.07, 6.45) is 2.17. The molecular weight excluding hydrogens is 225 g/mol. The van der Waals surface area contributed by atoms with Crippen LogP contribution in [0.5, 0.6) is 0 Å². The molecule has 0 aromatic heterocycles. The molecule has 0 aliphatic rings. The highest BCUT2D eigenvalue weighted by Gasteiger charge is 2.17. The van der Waals surface area contributed by atoms with Crippen LogP contribution in [-0.2, 0) is 0 Å². The molecule has 0 bridgehead atoms. The van der Waals surface area contributed by atoms with Crippen molar-refractivity contribution in [1.29, 1.82) is 0 Å². The maximum atomic E-state index is 13.4. The molecule has 1 rings (SSSR count). The SMILES string of the molecule is CCNC(CCC(C)(C)C)c1cc(F)ccc1C. The van der Waals surface area contributed by atoms with E-state index in [4.69, 9.17) is 0 Å². The third-order valence-electron chi connectivity index (χ3n) is 3.25. The fraction of sp³-hybridized carbons (Fsp3) is 0.625. The Labute approximate surface area is 111 Å². The fourth-order valence-corrected chi connectivity index (χ4v) is 2.18. The van der Waals surface area contributed by atoms with E-state index in [0.717, 1.165) is 30.5 Å². The first kappa shape index (κ1) is 15.2. The monoisotopic (exact) mass is 251 g/mol. The molecule has 0 spiro atoms. The molecular formula is C16H26FN. The van der Waals surface area contributed by atoms with E-state index in [9.17, 15) is 4.39 Å². The van der Waals surface area contributed by atoms with Gasteiger partial charge < -0.3 is 5.32 Å². The van der Waals surface area contributed by atoms with Gasteiger partial charge >= 0.3 is 0 Å². The quantitative estimate of drug-likeness (QED) is 0.805. The number of aryl methyl sites for hydroxylation is 1. The largest absolute Gasteiger partial charge is 0.310 e. The Hall–Kier alpha value is -0.890. The normalized spacial score (nSPS) is 13.7. The van der Waals surface area contributed by atoms with Gasteiger partial charge in [0.25, 0.3) is 0 Å². The van der Waals surface area contributed by atoms with E-state index in [1.165, 1.54) is 6.07 Å². The molecule has 0 saturated carbocycles. The van der Waals surface area contributed by atoms with Crippen molar-refractivity contribution in [2.45, 2.75) is 53.5 Å². The van der Waals surface area contributed by atoms with Crippen LogP contribution in [0.4, 0.5) is 4.39 Å². The average Bonchev–Trinajstić information content (AvgIpc) is 2.26. The maximum absolute atomic E-state index is 13.4. The molecule has 1 nitrogen and oxygen atoms in total. The number of hydrogen-bond acceptors (Lipinski definition) is 1. The summed E-state index contributed by atoms with van der Waals surface area (Å²) in [5, 5.41) is 3.47. The molecule has 2 heteroatoms. The van der Waals surface area contributed by atoms with Gasteiger partial charge in [0, 0.05) is 6.04 Å². The maximum Gasteiger partial charge on any atom is 0.123 e. The number of nitrogens with one attached hydrogen (secondary N) is 1. The van der Waals surface area contributed by atoms with Gasteiger partial charge in [-0.25, -0.2) is 4.39 Å². The minimum absolute atomic E-state index is 0.144. The Morgan fingerprint density at radius 1 is 1.28 bits per heavy atom. The molecule has 102 valence electrons. The van der Waals surface area contributed by atoms with Gasteiger partial charge in [-0.1, -0.05) is 33.8 Å². The topological polar surface area (TPSA) is 12.0 Å². The van der Waals surface area contributed by atoms with E-state index in [1.807, 2.05) is 6.07 Å². The standard InChI is InChI=1S/C16H26FN/c1-6-18-15(9-10-16(3,4)5)14-11-13(17)8-7-12(14)2/h7-8,11,15,18H,6,9-10H2,1-5H3. The molecule has 0 fully saturated rings. The van der Waals surface area contributed by atoms with Gasteiger partial charge in [0.15, 0.2) is 0 Å². The molecule has 1 aromatic rings. The van der Waals surface area contributed by atoms with Gasteiger partial charge in [-0.15, -0.1) is 0 Å². The van der Waals surface area contributed by atoms with Crippen LogP contribution >= 0.6 is 0 Å². The third kappa shape index (κ3) is 4.77. The van der Waals surface area contributed by atoms with E-state index >= 15 is 0 Å². The summed E-state index contributed by atoms with van der Waals surface area (Å²) in [6, 6.07) is 5.33. The minimum atomic E-state index is -0.144. The first-order valence-corrected chi connectivity index (χ1v) is 6.83. The van der Waals surface area contributed by atoms with Crippen molar-refractivity contribution in [3.8, 4) is 0 Å².